The SMILES string of the molecule is CCC1CCCC(c2nc(Cl)n[nH]2)C1. The van der Waals surface area contributed by atoms with E-state index in [1.807, 2.05) is 0 Å². The normalized spacial score (nSPS) is 27.9. The van der Waals surface area contributed by atoms with Crippen LogP contribution in [0.15, 0.2) is 0 Å². The van der Waals surface area contributed by atoms with Gasteiger partial charge < -0.3 is 0 Å². The molecule has 0 saturated heterocycles. The Balaban J connectivity index is 2.04. The van der Waals surface area contributed by atoms with Gasteiger partial charge >= 0.3 is 0 Å². The fourth-order valence-corrected chi connectivity index (χ4v) is 2.48. The quantitative estimate of drug-likeness (QED) is 0.820. The Kier molecular flexibility index (Phi) is 3.06. The van der Waals surface area contributed by atoms with Crippen LogP contribution < -0.4 is 0 Å². The molecule has 4 heteroatoms. The van der Waals surface area contributed by atoms with Gasteiger partial charge in [0.25, 0.3) is 0 Å². The largest absolute Gasteiger partial charge is 0.262 e. The van der Waals surface area contributed by atoms with Crippen LogP contribution in [0.5, 0.6) is 0 Å². The van der Waals surface area contributed by atoms with Gasteiger partial charge in [-0.3, -0.25) is 5.10 Å². The minimum absolute atomic E-state index is 0.346. The molecule has 1 N–H and O–H groups in total. The highest BCUT2D eigenvalue weighted by Crippen LogP contribution is 2.36. The van der Waals surface area contributed by atoms with E-state index in [1.165, 1.54) is 32.1 Å². The van der Waals surface area contributed by atoms with Crippen LogP contribution >= 0.6 is 11.6 Å². The number of halogens is 1. The van der Waals surface area contributed by atoms with E-state index in [0.29, 0.717) is 11.2 Å². The summed E-state index contributed by atoms with van der Waals surface area (Å²) in [4.78, 5) is 4.20. The molecule has 1 saturated carbocycles. The molecule has 0 aliphatic heterocycles. The van der Waals surface area contributed by atoms with Gasteiger partial charge in [-0.2, -0.15) is 0 Å². The molecular weight excluding hydrogens is 198 g/mol. The van der Waals surface area contributed by atoms with Gasteiger partial charge in [0.2, 0.25) is 5.28 Å². The van der Waals surface area contributed by atoms with Crippen LogP contribution in [0.3, 0.4) is 0 Å². The lowest BCUT2D eigenvalue weighted by atomic mass is 9.80. The minimum Gasteiger partial charge on any atom is -0.262 e. The van der Waals surface area contributed by atoms with Crippen molar-refractivity contribution < 1.29 is 0 Å². The predicted octanol–water partition coefficient (Wildman–Crippen LogP) is 3.14. The topological polar surface area (TPSA) is 41.6 Å². The smallest absolute Gasteiger partial charge is 0.242 e. The number of H-pyrrole nitrogens is 1. The molecule has 14 heavy (non-hydrogen) atoms. The van der Waals surface area contributed by atoms with Crippen molar-refractivity contribution in [3.63, 3.8) is 0 Å². The maximum Gasteiger partial charge on any atom is 0.242 e. The highest BCUT2D eigenvalue weighted by atomic mass is 35.5. The molecule has 0 bridgehead atoms. The van der Waals surface area contributed by atoms with Gasteiger partial charge in [-0.05, 0) is 30.4 Å². The summed E-state index contributed by atoms with van der Waals surface area (Å²) < 4.78 is 0. The number of nitrogens with zero attached hydrogens (tertiary/aromatic N) is 2. The number of aromatic nitrogens is 3. The lowest BCUT2D eigenvalue weighted by Crippen LogP contribution is -2.14. The zero-order valence-electron chi connectivity index (χ0n) is 8.46. The molecule has 1 aromatic heterocycles. The third kappa shape index (κ3) is 2.08. The van der Waals surface area contributed by atoms with Crippen LogP contribution in [0.4, 0.5) is 0 Å². The van der Waals surface area contributed by atoms with Crippen molar-refractivity contribution in [2.45, 2.75) is 44.9 Å². The average Bonchev–Trinajstić information content (AvgIpc) is 2.65. The Labute approximate surface area is 89.3 Å². The molecule has 2 unspecified atom stereocenters. The lowest BCUT2D eigenvalue weighted by molar-refractivity contribution is 0.307. The molecular formula is C10H16ClN3. The number of nitrogens with one attached hydrogen (secondary N) is 1. The number of hydrogen-bond donors (Lipinski definition) is 1. The van der Waals surface area contributed by atoms with Crippen LogP contribution in [-0.4, -0.2) is 15.2 Å². The standard InChI is InChI=1S/C10H16ClN3/c1-2-7-4-3-5-8(6-7)9-12-10(11)14-13-9/h7-8H,2-6H2,1H3,(H,12,13,14). The van der Waals surface area contributed by atoms with Crippen molar-refractivity contribution >= 4 is 11.6 Å². The molecule has 3 nitrogen and oxygen atoms in total. The Morgan fingerprint density at radius 3 is 3.00 bits per heavy atom. The van der Waals surface area contributed by atoms with E-state index >= 15 is 0 Å². The Morgan fingerprint density at radius 2 is 2.36 bits per heavy atom. The molecule has 0 amide bonds. The van der Waals surface area contributed by atoms with Gasteiger partial charge in [-0.15, -0.1) is 5.10 Å². The first-order valence-corrected chi connectivity index (χ1v) is 5.75. The average molecular weight is 214 g/mol. The Bertz CT molecular complexity index is 297. The van der Waals surface area contributed by atoms with Crippen molar-refractivity contribution in [2.24, 2.45) is 5.92 Å². The summed E-state index contributed by atoms with van der Waals surface area (Å²) in [6.07, 6.45) is 6.42. The van der Waals surface area contributed by atoms with Crippen LogP contribution in [0.2, 0.25) is 5.28 Å². The number of hydrogen-bond acceptors (Lipinski definition) is 2. The van der Waals surface area contributed by atoms with Crippen molar-refractivity contribution in [1.82, 2.24) is 15.2 Å². The van der Waals surface area contributed by atoms with E-state index < -0.39 is 0 Å². The maximum absolute atomic E-state index is 5.70. The van der Waals surface area contributed by atoms with Gasteiger partial charge in [-0.1, -0.05) is 26.2 Å². The highest BCUT2D eigenvalue weighted by Gasteiger charge is 2.24. The van der Waals surface area contributed by atoms with E-state index in [-0.39, 0.29) is 0 Å². The zero-order chi connectivity index (χ0) is 9.97. The second-order valence-electron chi connectivity index (χ2n) is 4.13. The minimum atomic E-state index is 0.346. The van der Waals surface area contributed by atoms with E-state index in [1.54, 1.807) is 0 Å². The summed E-state index contributed by atoms with van der Waals surface area (Å²) in [7, 11) is 0. The van der Waals surface area contributed by atoms with E-state index in [2.05, 4.69) is 22.1 Å². The van der Waals surface area contributed by atoms with E-state index in [0.717, 1.165) is 11.7 Å². The van der Waals surface area contributed by atoms with Crippen LogP contribution in [0.1, 0.15) is 50.8 Å². The fraction of sp³-hybridized carbons (Fsp3) is 0.800. The van der Waals surface area contributed by atoms with Gasteiger partial charge in [-0.25, -0.2) is 4.98 Å². The van der Waals surface area contributed by atoms with Gasteiger partial charge in [0.05, 0.1) is 0 Å². The van der Waals surface area contributed by atoms with Crippen LogP contribution in [-0.2, 0) is 0 Å². The lowest BCUT2D eigenvalue weighted by Gasteiger charge is -2.26. The molecule has 1 aliphatic rings. The van der Waals surface area contributed by atoms with Gasteiger partial charge in [0, 0.05) is 5.92 Å². The zero-order valence-corrected chi connectivity index (χ0v) is 9.22. The first kappa shape index (κ1) is 9.97. The van der Waals surface area contributed by atoms with E-state index in [9.17, 15) is 0 Å². The summed E-state index contributed by atoms with van der Waals surface area (Å²) >= 11 is 5.70. The highest BCUT2D eigenvalue weighted by molar-refractivity contribution is 6.28. The van der Waals surface area contributed by atoms with Crippen LogP contribution in [0, 0.1) is 5.92 Å². The van der Waals surface area contributed by atoms with Gasteiger partial charge in [0.1, 0.15) is 5.82 Å². The molecule has 2 rings (SSSR count). The maximum atomic E-state index is 5.70. The third-order valence-electron chi connectivity index (χ3n) is 3.22. The van der Waals surface area contributed by atoms with Crippen molar-refractivity contribution in [2.75, 3.05) is 0 Å². The third-order valence-corrected chi connectivity index (χ3v) is 3.39. The summed E-state index contributed by atoms with van der Waals surface area (Å²) in [5.41, 5.74) is 0. The fourth-order valence-electron chi connectivity index (χ4n) is 2.35. The van der Waals surface area contributed by atoms with Crippen molar-refractivity contribution in [1.29, 1.82) is 0 Å². The van der Waals surface area contributed by atoms with Crippen molar-refractivity contribution in [3.8, 4) is 0 Å². The molecule has 1 aliphatic carbocycles. The predicted molar refractivity (Wildman–Crippen MR) is 56.4 cm³/mol. The molecule has 0 spiro atoms. The summed E-state index contributed by atoms with van der Waals surface area (Å²) in [5, 5.41) is 7.14. The molecule has 78 valence electrons. The molecule has 0 radical (unpaired) electrons. The second kappa shape index (κ2) is 4.30. The first-order valence-electron chi connectivity index (χ1n) is 5.37. The van der Waals surface area contributed by atoms with Crippen molar-refractivity contribution in [3.05, 3.63) is 11.1 Å². The molecule has 1 fully saturated rings. The molecule has 1 aromatic rings. The molecule has 1 heterocycles. The number of rotatable bonds is 2. The van der Waals surface area contributed by atoms with Gasteiger partial charge in [0.15, 0.2) is 0 Å². The summed E-state index contributed by atoms with van der Waals surface area (Å²) in [5.74, 6) is 2.39. The first-order chi connectivity index (χ1) is 6.79. The summed E-state index contributed by atoms with van der Waals surface area (Å²) in [6, 6.07) is 0. The Morgan fingerprint density at radius 1 is 1.50 bits per heavy atom. The van der Waals surface area contributed by atoms with E-state index in [4.69, 9.17) is 11.6 Å². The number of aromatic amines is 1. The Hall–Kier alpha value is -0.570. The molecule has 2 atom stereocenters. The monoisotopic (exact) mass is 213 g/mol. The van der Waals surface area contributed by atoms with Crippen LogP contribution in [0.25, 0.3) is 0 Å². The summed E-state index contributed by atoms with van der Waals surface area (Å²) in [6.45, 7) is 2.26. The molecule has 0 aromatic carbocycles. The second-order valence-corrected chi connectivity index (χ2v) is 4.47.